The molecule has 24 heavy (non-hydrogen) atoms. The third kappa shape index (κ3) is 6.94. The highest BCUT2D eigenvalue weighted by Gasteiger charge is 2.38. The van der Waals surface area contributed by atoms with Crippen LogP contribution in [0, 0.1) is 0 Å². The zero-order valence-corrected chi connectivity index (χ0v) is 14.7. The molecule has 0 saturated carbocycles. The van der Waals surface area contributed by atoms with Crippen LogP contribution in [-0.4, -0.2) is 71.5 Å². The van der Waals surface area contributed by atoms with E-state index < -0.39 is 12.1 Å². The van der Waals surface area contributed by atoms with Gasteiger partial charge in [-0.2, -0.15) is 13.2 Å². The summed E-state index contributed by atoms with van der Waals surface area (Å²) < 4.78 is 31.7. The van der Waals surface area contributed by atoms with Gasteiger partial charge in [-0.3, -0.25) is 4.90 Å². The van der Waals surface area contributed by atoms with E-state index in [9.17, 15) is 13.2 Å². The van der Waals surface area contributed by atoms with Crippen LogP contribution < -0.4 is 0 Å². The third-order valence-corrected chi connectivity index (χ3v) is 5.00. The summed E-state index contributed by atoms with van der Waals surface area (Å²) in [6, 6.07) is 2.43. The number of aliphatic hydroxyl groups excluding tert-OH is 1. The van der Waals surface area contributed by atoms with Gasteiger partial charge < -0.3 is 15.1 Å². The second kappa shape index (κ2) is 9.57. The maximum Gasteiger partial charge on any atom is 0.490 e. The molecule has 0 bridgehead atoms. The highest BCUT2D eigenvalue weighted by Crippen LogP contribution is 2.24. The molecule has 1 fully saturated rings. The Labute approximate surface area is 147 Å². The molecular formula is C14H20ClF3N2O3S. The van der Waals surface area contributed by atoms with E-state index in [-0.39, 0.29) is 6.61 Å². The van der Waals surface area contributed by atoms with Crippen molar-refractivity contribution in [3.63, 3.8) is 0 Å². The molecule has 1 unspecified atom stereocenters. The van der Waals surface area contributed by atoms with Crippen molar-refractivity contribution < 1.29 is 28.2 Å². The number of nitrogens with zero attached hydrogens (tertiary/aromatic N) is 2. The van der Waals surface area contributed by atoms with Crippen molar-refractivity contribution in [2.24, 2.45) is 0 Å². The van der Waals surface area contributed by atoms with Gasteiger partial charge >= 0.3 is 12.1 Å². The number of carboxylic acid groups (broad SMARTS) is 1. The smallest absolute Gasteiger partial charge is 0.475 e. The number of hydrogen-bond acceptors (Lipinski definition) is 5. The first-order chi connectivity index (χ1) is 11.1. The molecule has 1 aromatic rings. The Hall–Kier alpha value is -0.870. The van der Waals surface area contributed by atoms with Crippen molar-refractivity contribution in [1.82, 2.24) is 9.80 Å². The van der Waals surface area contributed by atoms with E-state index in [0.29, 0.717) is 6.04 Å². The fraction of sp³-hybridized carbons (Fsp3) is 0.643. The third-order valence-electron chi connectivity index (χ3n) is 3.62. The Morgan fingerprint density at radius 2 is 2.08 bits per heavy atom. The van der Waals surface area contributed by atoms with E-state index >= 15 is 0 Å². The molecule has 1 atom stereocenters. The lowest BCUT2D eigenvalue weighted by Gasteiger charge is -2.39. The van der Waals surface area contributed by atoms with Crippen LogP contribution in [-0.2, 0) is 11.3 Å². The maximum absolute atomic E-state index is 10.6. The number of halogens is 4. The van der Waals surface area contributed by atoms with Crippen LogP contribution >= 0.6 is 22.9 Å². The van der Waals surface area contributed by atoms with E-state index in [0.717, 1.165) is 37.6 Å². The highest BCUT2D eigenvalue weighted by atomic mass is 35.5. The Morgan fingerprint density at radius 1 is 1.46 bits per heavy atom. The van der Waals surface area contributed by atoms with Crippen molar-refractivity contribution in [2.45, 2.75) is 25.2 Å². The molecule has 0 spiro atoms. The van der Waals surface area contributed by atoms with E-state index in [4.69, 9.17) is 26.6 Å². The van der Waals surface area contributed by atoms with E-state index in [1.165, 1.54) is 4.88 Å². The Bertz CT molecular complexity index is 528. The molecule has 2 heterocycles. The van der Waals surface area contributed by atoms with E-state index in [2.05, 4.69) is 16.8 Å². The molecule has 0 radical (unpaired) electrons. The average Bonchev–Trinajstić information content (AvgIpc) is 2.88. The van der Waals surface area contributed by atoms with Crippen LogP contribution in [0.1, 0.15) is 11.3 Å². The second-order valence-electron chi connectivity index (χ2n) is 5.38. The van der Waals surface area contributed by atoms with Crippen LogP contribution in [0.2, 0.25) is 5.02 Å². The molecule has 0 aromatic carbocycles. The van der Waals surface area contributed by atoms with Gasteiger partial charge in [0.25, 0.3) is 0 Å². The quantitative estimate of drug-likeness (QED) is 0.830. The number of thiophene rings is 1. The zero-order chi connectivity index (χ0) is 18.3. The van der Waals surface area contributed by atoms with Gasteiger partial charge in [-0.05, 0) is 24.9 Å². The minimum atomic E-state index is -5.08. The molecule has 1 aromatic heterocycles. The lowest BCUT2D eigenvalue weighted by Crippen LogP contribution is -2.51. The molecule has 1 saturated heterocycles. The summed E-state index contributed by atoms with van der Waals surface area (Å²) in [7, 11) is 2.13. The van der Waals surface area contributed by atoms with Crippen molar-refractivity contribution in [2.75, 3.05) is 33.3 Å². The first kappa shape index (κ1) is 21.2. The maximum atomic E-state index is 10.6. The number of aliphatic carboxylic acids is 1. The minimum Gasteiger partial charge on any atom is -0.475 e. The molecule has 1 aliphatic heterocycles. The van der Waals surface area contributed by atoms with Crippen LogP contribution in [0.25, 0.3) is 0 Å². The van der Waals surface area contributed by atoms with Crippen LogP contribution in [0.3, 0.4) is 0 Å². The van der Waals surface area contributed by atoms with Gasteiger partial charge in [-0.25, -0.2) is 4.79 Å². The van der Waals surface area contributed by atoms with E-state index in [1.54, 1.807) is 11.3 Å². The lowest BCUT2D eigenvalue weighted by atomic mass is 10.1. The van der Waals surface area contributed by atoms with Crippen molar-refractivity contribution in [3.05, 3.63) is 21.3 Å². The van der Waals surface area contributed by atoms with Gasteiger partial charge in [0, 0.05) is 43.7 Å². The number of carbonyl (C=O) groups is 1. The SMILES string of the molecule is CN1CCN(Cc2sccc2Cl)CC1CCO.O=C(O)C(F)(F)F. The summed E-state index contributed by atoms with van der Waals surface area (Å²) >= 11 is 7.84. The number of hydrogen-bond donors (Lipinski definition) is 2. The number of rotatable bonds is 4. The molecular weight excluding hydrogens is 369 g/mol. The topological polar surface area (TPSA) is 64.0 Å². The first-order valence-corrected chi connectivity index (χ1v) is 8.46. The Morgan fingerprint density at radius 3 is 2.54 bits per heavy atom. The fourth-order valence-corrected chi connectivity index (χ4v) is 3.39. The number of likely N-dealkylation sites (N-methyl/N-ethyl adjacent to an activating group) is 1. The summed E-state index contributed by atoms with van der Waals surface area (Å²) in [5.74, 6) is -2.76. The molecule has 10 heteroatoms. The minimum absolute atomic E-state index is 0.266. The fourth-order valence-electron chi connectivity index (χ4n) is 2.26. The number of aliphatic hydroxyl groups is 1. The average molecular weight is 389 g/mol. The van der Waals surface area contributed by atoms with Crippen LogP contribution in [0.5, 0.6) is 0 Å². The zero-order valence-electron chi connectivity index (χ0n) is 13.1. The second-order valence-corrected chi connectivity index (χ2v) is 6.78. The van der Waals surface area contributed by atoms with Gasteiger partial charge in [-0.15, -0.1) is 11.3 Å². The van der Waals surface area contributed by atoms with Gasteiger partial charge in [0.15, 0.2) is 0 Å². The van der Waals surface area contributed by atoms with Crippen LogP contribution in [0.15, 0.2) is 11.4 Å². The number of carboxylic acids is 1. The standard InChI is InChI=1S/C12H19ClN2OS.C2HF3O2/c1-14-4-5-15(8-10(14)2-6-16)9-12-11(13)3-7-17-12;3-2(4,5)1(6)7/h3,7,10,16H,2,4-6,8-9H2,1H3;(H,6,7). The number of alkyl halides is 3. The summed E-state index contributed by atoms with van der Waals surface area (Å²) in [6.07, 6.45) is -4.23. The Balaban J connectivity index is 0.000000351. The molecule has 138 valence electrons. The van der Waals surface area contributed by atoms with E-state index in [1.807, 2.05) is 11.4 Å². The monoisotopic (exact) mass is 388 g/mol. The summed E-state index contributed by atoms with van der Waals surface area (Å²) in [4.78, 5) is 14.9. The highest BCUT2D eigenvalue weighted by molar-refractivity contribution is 7.10. The first-order valence-electron chi connectivity index (χ1n) is 7.20. The van der Waals surface area contributed by atoms with Gasteiger partial charge in [0.1, 0.15) is 0 Å². The predicted octanol–water partition coefficient (Wildman–Crippen LogP) is 2.53. The predicted molar refractivity (Wildman–Crippen MR) is 86.4 cm³/mol. The van der Waals surface area contributed by atoms with Crippen molar-refractivity contribution in [1.29, 1.82) is 0 Å². The Kier molecular flexibility index (Phi) is 8.44. The van der Waals surface area contributed by atoms with Gasteiger partial charge in [0.2, 0.25) is 0 Å². The molecule has 2 rings (SSSR count). The number of piperazine rings is 1. The van der Waals surface area contributed by atoms with Crippen molar-refractivity contribution >= 4 is 28.9 Å². The van der Waals surface area contributed by atoms with Crippen molar-refractivity contribution in [3.8, 4) is 0 Å². The molecule has 5 nitrogen and oxygen atoms in total. The lowest BCUT2D eigenvalue weighted by molar-refractivity contribution is -0.192. The summed E-state index contributed by atoms with van der Waals surface area (Å²) in [5, 5.41) is 19.1. The molecule has 1 aliphatic rings. The van der Waals surface area contributed by atoms with Crippen LogP contribution in [0.4, 0.5) is 13.2 Å². The molecule has 0 amide bonds. The van der Waals surface area contributed by atoms with Gasteiger partial charge in [0.05, 0.1) is 5.02 Å². The molecule has 0 aliphatic carbocycles. The largest absolute Gasteiger partial charge is 0.490 e. The summed E-state index contributed by atoms with van der Waals surface area (Å²) in [6.45, 7) is 4.36. The molecule has 2 N–H and O–H groups in total. The normalized spacial score (nSPS) is 19.7. The summed E-state index contributed by atoms with van der Waals surface area (Å²) in [5.41, 5.74) is 0. The van der Waals surface area contributed by atoms with Gasteiger partial charge in [-0.1, -0.05) is 11.6 Å².